The highest BCUT2D eigenvalue weighted by atomic mass is 19.3. The molecule has 88 valence electrons. The van der Waals surface area contributed by atoms with Gasteiger partial charge >= 0.3 is 0 Å². The minimum absolute atomic E-state index is 0.152. The molecule has 1 N–H and O–H groups in total. The second-order valence-electron chi connectivity index (χ2n) is 4.18. The molecule has 16 heavy (non-hydrogen) atoms. The van der Waals surface area contributed by atoms with Crippen LogP contribution in [0.5, 0.6) is 0 Å². The van der Waals surface area contributed by atoms with E-state index in [0.29, 0.717) is 12.1 Å². The molecule has 2 rings (SSSR count). The Balaban J connectivity index is 2.35. The van der Waals surface area contributed by atoms with Crippen LogP contribution in [0.25, 0.3) is 0 Å². The van der Waals surface area contributed by atoms with Gasteiger partial charge in [-0.1, -0.05) is 6.07 Å². The Labute approximate surface area is 92.1 Å². The Bertz CT molecular complexity index is 442. The molecule has 1 aliphatic heterocycles. The molecule has 0 aliphatic carbocycles. The number of rotatable bonds is 1. The number of piperidine rings is 1. The summed E-state index contributed by atoms with van der Waals surface area (Å²) in [5, 5.41) is 2.96. The summed E-state index contributed by atoms with van der Waals surface area (Å²) in [7, 11) is 1.57. The quantitative estimate of drug-likeness (QED) is 0.781. The number of pyridine rings is 1. The highest BCUT2D eigenvalue weighted by molar-refractivity contribution is 5.20. The molecule has 0 aromatic carbocycles. The van der Waals surface area contributed by atoms with Crippen molar-refractivity contribution in [1.82, 2.24) is 9.88 Å². The first-order valence-electron chi connectivity index (χ1n) is 5.26. The molecule has 1 aromatic heterocycles. The van der Waals surface area contributed by atoms with Gasteiger partial charge < -0.3 is 9.88 Å². The Morgan fingerprint density at radius 3 is 2.88 bits per heavy atom. The van der Waals surface area contributed by atoms with Crippen molar-refractivity contribution in [2.45, 2.75) is 18.3 Å². The summed E-state index contributed by atoms with van der Waals surface area (Å²) in [6.07, 6.45) is 1.34. The number of halogens is 2. The van der Waals surface area contributed by atoms with Crippen molar-refractivity contribution in [3.05, 3.63) is 34.2 Å². The van der Waals surface area contributed by atoms with E-state index in [2.05, 4.69) is 5.32 Å². The van der Waals surface area contributed by atoms with E-state index in [4.69, 9.17) is 0 Å². The van der Waals surface area contributed by atoms with E-state index in [1.807, 2.05) is 0 Å². The molecule has 1 aromatic rings. The van der Waals surface area contributed by atoms with Gasteiger partial charge in [-0.3, -0.25) is 4.79 Å². The number of hydrogen-bond donors (Lipinski definition) is 1. The van der Waals surface area contributed by atoms with Gasteiger partial charge in [-0.2, -0.15) is 0 Å². The lowest BCUT2D eigenvalue weighted by atomic mass is 9.89. The van der Waals surface area contributed by atoms with Crippen LogP contribution in [0.15, 0.2) is 23.1 Å². The first-order chi connectivity index (χ1) is 7.50. The Morgan fingerprint density at radius 2 is 2.25 bits per heavy atom. The number of aromatic nitrogens is 1. The first-order valence-corrected chi connectivity index (χ1v) is 5.26. The van der Waals surface area contributed by atoms with Crippen molar-refractivity contribution in [2.75, 3.05) is 13.1 Å². The zero-order chi connectivity index (χ0) is 11.8. The Kier molecular flexibility index (Phi) is 2.80. The van der Waals surface area contributed by atoms with E-state index in [0.717, 1.165) is 0 Å². The molecule has 5 heteroatoms. The van der Waals surface area contributed by atoms with Crippen molar-refractivity contribution in [1.29, 1.82) is 0 Å². The number of aryl methyl sites for hydroxylation is 1. The van der Waals surface area contributed by atoms with Gasteiger partial charge in [0.25, 0.3) is 5.92 Å². The Hall–Kier alpha value is -1.23. The van der Waals surface area contributed by atoms with Gasteiger partial charge in [0.1, 0.15) is 0 Å². The van der Waals surface area contributed by atoms with Crippen molar-refractivity contribution in [3.63, 3.8) is 0 Å². The standard InChI is InChI=1S/C11H14F2N2O/c1-15-7-8(2-3-10(15)16)9-6-14-5-4-11(9,12)13/h2-3,7,9,14H,4-6H2,1H3. The summed E-state index contributed by atoms with van der Waals surface area (Å²) in [6.45, 7) is 0.598. The molecule has 1 atom stereocenters. The lowest BCUT2D eigenvalue weighted by Gasteiger charge is -2.32. The minimum Gasteiger partial charge on any atom is -0.318 e. The normalized spacial score (nSPS) is 24.3. The van der Waals surface area contributed by atoms with Gasteiger partial charge in [0.15, 0.2) is 0 Å². The summed E-state index contributed by atoms with van der Waals surface area (Å²) in [5.74, 6) is -3.53. The third-order valence-corrected chi connectivity index (χ3v) is 3.00. The predicted molar refractivity (Wildman–Crippen MR) is 56.9 cm³/mol. The van der Waals surface area contributed by atoms with Crippen molar-refractivity contribution < 1.29 is 8.78 Å². The summed E-state index contributed by atoms with van der Waals surface area (Å²) in [5.41, 5.74) is 0.329. The molecule has 3 nitrogen and oxygen atoms in total. The van der Waals surface area contributed by atoms with Crippen LogP contribution in [0.3, 0.4) is 0 Å². The zero-order valence-electron chi connectivity index (χ0n) is 9.04. The third kappa shape index (κ3) is 2.00. The van der Waals surface area contributed by atoms with Crippen LogP contribution in [-0.2, 0) is 7.05 Å². The maximum absolute atomic E-state index is 13.7. The van der Waals surface area contributed by atoms with Crippen LogP contribution in [0.2, 0.25) is 0 Å². The van der Waals surface area contributed by atoms with Crippen LogP contribution >= 0.6 is 0 Å². The molecule has 0 amide bonds. The smallest absolute Gasteiger partial charge is 0.257 e. The molecule has 0 saturated carbocycles. The van der Waals surface area contributed by atoms with Crippen LogP contribution in [0.1, 0.15) is 17.9 Å². The SMILES string of the molecule is Cn1cc(C2CNCCC2(F)F)ccc1=O. The van der Waals surface area contributed by atoms with E-state index in [9.17, 15) is 13.6 Å². The topological polar surface area (TPSA) is 34.0 Å². The lowest BCUT2D eigenvalue weighted by molar-refractivity contribution is -0.0480. The van der Waals surface area contributed by atoms with Crippen LogP contribution in [0.4, 0.5) is 8.78 Å². The molecule has 1 fully saturated rings. The average molecular weight is 228 g/mol. The first kappa shape index (κ1) is 11.3. The van der Waals surface area contributed by atoms with E-state index in [-0.39, 0.29) is 18.5 Å². The monoisotopic (exact) mass is 228 g/mol. The summed E-state index contributed by atoms with van der Waals surface area (Å²) in [4.78, 5) is 11.2. The van der Waals surface area contributed by atoms with E-state index in [1.165, 1.54) is 22.9 Å². The second-order valence-corrected chi connectivity index (χ2v) is 4.18. The molecule has 1 aliphatic rings. The number of hydrogen-bond acceptors (Lipinski definition) is 2. The fraction of sp³-hybridized carbons (Fsp3) is 0.545. The minimum atomic E-state index is -2.69. The molecule has 0 spiro atoms. The van der Waals surface area contributed by atoms with Crippen LogP contribution < -0.4 is 10.9 Å². The molecular weight excluding hydrogens is 214 g/mol. The highest BCUT2D eigenvalue weighted by Crippen LogP contribution is 2.37. The zero-order valence-corrected chi connectivity index (χ0v) is 9.04. The summed E-state index contributed by atoms with van der Waals surface area (Å²) < 4.78 is 28.7. The van der Waals surface area contributed by atoms with E-state index >= 15 is 0 Å². The average Bonchev–Trinajstić information content (AvgIpc) is 2.22. The second kappa shape index (κ2) is 3.97. The molecule has 1 unspecified atom stereocenters. The Morgan fingerprint density at radius 1 is 1.50 bits per heavy atom. The molecule has 2 heterocycles. The number of nitrogens with zero attached hydrogens (tertiary/aromatic N) is 1. The fourth-order valence-corrected chi connectivity index (χ4v) is 2.01. The number of nitrogens with one attached hydrogen (secondary N) is 1. The van der Waals surface area contributed by atoms with Crippen LogP contribution in [-0.4, -0.2) is 23.6 Å². The van der Waals surface area contributed by atoms with Crippen molar-refractivity contribution in [3.8, 4) is 0 Å². The van der Waals surface area contributed by atoms with Gasteiger partial charge in [0, 0.05) is 38.8 Å². The van der Waals surface area contributed by atoms with E-state index in [1.54, 1.807) is 7.05 Å². The lowest BCUT2D eigenvalue weighted by Crippen LogP contribution is -2.43. The van der Waals surface area contributed by atoms with Gasteiger partial charge in [0.05, 0.1) is 5.92 Å². The highest BCUT2D eigenvalue weighted by Gasteiger charge is 2.42. The largest absolute Gasteiger partial charge is 0.318 e. The van der Waals surface area contributed by atoms with Gasteiger partial charge in [-0.15, -0.1) is 0 Å². The van der Waals surface area contributed by atoms with E-state index < -0.39 is 11.8 Å². The summed E-state index contributed by atoms with van der Waals surface area (Å²) >= 11 is 0. The molecular formula is C11H14F2N2O. The summed E-state index contributed by atoms with van der Waals surface area (Å²) in [6, 6.07) is 2.83. The fourth-order valence-electron chi connectivity index (χ4n) is 2.01. The van der Waals surface area contributed by atoms with Gasteiger partial charge in [-0.05, 0) is 5.56 Å². The molecule has 1 saturated heterocycles. The van der Waals surface area contributed by atoms with Gasteiger partial charge in [-0.25, -0.2) is 8.78 Å². The van der Waals surface area contributed by atoms with Crippen molar-refractivity contribution in [2.24, 2.45) is 7.05 Å². The maximum atomic E-state index is 13.7. The van der Waals surface area contributed by atoms with Crippen LogP contribution in [0, 0.1) is 0 Å². The molecule has 0 radical (unpaired) electrons. The predicted octanol–water partition coefficient (Wildman–Crippen LogP) is 1.10. The maximum Gasteiger partial charge on any atom is 0.257 e. The third-order valence-electron chi connectivity index (χ3n) is 3.00. The molecule has 0 bridgehead atoms. The number of alkyl halides is 2. The van der Waals surface area contributed by atoms with Gasteiger partial charge in [0.2, 0.25) is 5.56 Å². The van der Waals surface area contributed by atoms with Crippen molar-refractivity contribution >= 4 is 0 Å².